The summed E-state index contributed by atoms with van der Waals surface area (Å²) in [5.41, 5.74) is 4.03. The highest BCUT2D eigenvalue weighted by Gasteiger charge is 2.32. The number of methoxy groups -OCH3 is 2. The highest BCUT2D eigenvalue weighted by Crippen LogP contribution is 2.39. The number of rotatable bonds is 5. The van der Waals surface area contributed by atoms with Crippen LogP contribution in [0, 0.1) is 0 Å². The van der Waals surface area contributed by atoms with Gasteiger partial charge >= 0.3 is 6.03 Å². The number of anilines is 1. The molecule has 2 amide bonds. The number of benzene rings is 3. The molecular formula is C25H26N2O3. The lowest BCUT2D eigenvalue weighted by Crippen LogP contribution is -2.34. The fraction of sp³-hybridized carbons (Fsp3) is 0.240. The number of carbonyl (C=O) groups is 1. The number of amides is 2. The predicted octanol–water partition coefficient (Wildman–Crippen LogP) is 5.74. The fourth-order valence-corrected chi connectivity index (χ4v) is 4.00. The van der Waals surface area contributed by atoms with Gasteiger partial charge in [-0.15, -0.1) is 0 Å². The van der Waals surface area contributed by atoms with E-state index >= 15 is 0 Å². The summed E-state index contributed by atoms with van der Waals surface area (Å²) in [4.78, 5) is 14.9. The van der Waals surface area contributed by atoms with Gasteiger partial charge in [-0.05, 0) is 54.3 Å². The number of nitrogens with one attached hydrogen (secondary N) is 1. The van der Waals surface area contributed by atoms with E-state index < -0.39 is 0 Å². The number of carbonyl (C=O) groups excluding carboxylic acids is 1. The molecular weight excluding hydrogens is 376 g/mol. The zero-order chi connectivity index (χ0) is 20.9. The van der Waals surface area contributed by atoms with Crippen LogP contribution in [0.3, 0.4) is 0 Å². The third-order valence-corrected chi connectivity index (χ3v) is 5.55. The van der Waals surface area contributed by atoms with Crippen molar-refractivity contribution in [2.24, 2.45) is 0 Å². The molecule has 0 bridgehead atoms. The summed E-state index contributed by atoms with van der Waals surface area (Å²) in [6.45, 7) is 0.707. The van der Waals surface area contributed by atoms with E-state index in [0.29, 0.717) is 6.54 Å². The molecule has 0 radical (unpaired) electrons. The minimum atomic E-state index is -0.102. The molecule has 4 rings (SSSR count). The van der Waals surface area contributed by atoms with E-state index in [1.54, 1.807) is 14.2 Å². The highest BCUT2D eigenvalue weighted by atomic mass is 16.5. The van der Waals surface area contributed by atoms with Crippen LogP contribution in [0.5, 0.6) is 11.5 Å². The quantitative estimate of drug-likeness (QED) is 0.592. The summed E-state index contributed by atoms with van der Waals surface area (Å²) < 4.78 is 10.9. The second-order valence-corrected chi connectivity index (χ2v) is 7.33. The van der Waals surface area contributed by atoms with E-state index in [1.165, 1.54) is 0 Å². The van der Waals surface area contributed by atoms with E-state index in [4.69, 9.17) is 9.47 Å². The van der Waals surface area contributed by atoms with Gasteiger partial charge in [-0.1, -0.05) is 42.5 Å². The van der Waals surface area contributed by atoms with Crippen molar-refractivity contribution >= 4 is 11.7 Å². The molecule has 154 valence electrons. The van der Waals surface area contributed by atoms with Crippen molar-refractivity contribution in [2.45, 2.75) is 18.9 Å². The first-order valence-electron chi connectivity index (χ1n) is 10.1. The maximum Gasteiger partial charge on any atom is 0.322 e. The van der Waals surface area contributed by atoms with Crippen LogP contribution in [0.25, 0.3) is 11.1 Å². The zero-order valence-corrected chi connectivity index (χ0v) is 17.3. The van der Waals surface area contributed by atoms with Gasteiger partial charge in [0.25, 0.3) is 0 Å². The summed E-state index contributed by atoms with van der Waals surface area (Å²) in [7, 11) is 3.29. The van der Waals surface area contributed by atoms with E-state index in [-0.39, 0.29) is 12.1 Å². The van der Waals surface area contributed by atoms with Crippen LogP contribution in [0.1, 0.15) is 24.4 Å². The van der Waals surface area contributed by atoms with Gasteiger partial charge in [-0.2, -0.15) is 0 Å². The third kappa shape index (κ3) is 4.10. The van der Waals surface area contributed by atoms with E-state index in [1.807, 2.05) is 65.6 Å². The highest BCUT2D eigenvalue weighted by molar-refractivity contribution is 5.90. The van der Waals surface area contributed by atoms with E-state index in [2.05, 4.69) is 17.4 Å². The Morgan fingerprint density at radius 2 is 1.67 bits per heavy atom. The zero-order valence-electron chi connectivity index (χ0n) is 17.3. The Bertz CT molecular complexity index is 1000. The average Bonchev–Trinajstić information content (AvgIpc) is 3.30. The maximum atomic E-state index is 13.1. The Hall–Kier alpha value is -3.47. The minimum absolute atomic E-state index is 0.0429. The van der Waals surface area contributed by atoms with Crippen LogP contribution in [0.4, 0.5) is 10.5 Å². The number of likely N-dealkylation sites (tertiary alicyclic amines) is 1. The first-order chi connectivity index (χ1) is 14.7. The van der Waals surface area contributed by atoms with Crippen LogP contribution in [0.15, 0.2) is 72.8 Å². The van der Waals surface area contributed by atoms with Crippen LogP contribution in [-0.2, 0) is 0 Å². The maximum absolute atomic E-state index is 13.1. The van der Waals surface area contributed by atoms with Crippen molar-refractivity contribution < 1.29 is 14.3 Å². The molecule has 5 heteroatoms. The minimum Gasteiger partial charge on any atom is -0.497 e. The topological polar surface area (TPSA) is 50.8 Å². The van der Waals surface area contributed by atoms with Crippen LogP contribution in [-0.4, -0.2) is 31.7 Å². The Labute approximate surface area is 177 Å². The molecule has 0 aromatic heterocycles. The van der Waals surface area contributed by atoms with Crippen LogP contribution >= 0.6 is 0 Å². The Morgan fingerprint density at radius 1 is 0.933 bits per heavy atom. The summed E-state index contributed by atoms with van der Waals surface area (Å²) in [5, 5.41) is 3.04. The van der Waals surface area contributed by atoms with Crippen molar-refractivity contribution in [3.8, 4) is 22.6 Å². The van der Waals surface area contributed by atoms with Crippen LogP contribution in [0.2, 0.25) is 0 Å². The first-order valence-corrected chi connectivity index (χ1v) is 10.1. The molecule has 5 nitrogen and oxygen atoms in total. The molecule has 1 fully saturated rings. The van der Waals surface area contributed by atoms with Gasteiger partial charge < -0.3 is 19.7 Å². The normalized spacial score (nSPS) is 15.7. The molecule has 1 N–H and O–H groups in total. The summed E-state index contributed by atoms with van der Waals surface area (Å²) >= 11 is 0. The molecule has 0 aliphatic carbocycles. The molecule has 1 atom stereocenters. The molecule has 0 spiro atoms. The number of hydrogen-bond acceptors (Lipinski definition) is 3. The predicted molar refractivity (Wildman–Crippen MR) is 119 cm³/mol. The standard InChI is InChI=1S/C25H26N2O3/c1-29-21-14-15-24(30-2)22(17-21)23-9-6-16-27(23)25(28)26-20-12-10-19(11-13-20)18-7-4-3-5-8-18/h3-5,7-8,10-15,17,23H,6,9,16H2,1-2H3,(H,26,28). The second-order valence-electron chi connectivity index (χ2n) is 7.33. The summed E-state index contributed by atoms with van der Waals surface area (Å²) in [5.74, 6) is 1.53. The van der Waals surface area contributed by atoms with Crippen molar-refractivity contribution in [1.82, 2.24) is 4.90 Å². The van der Waals surface area contributed by atoms with Gasteiger partial charge in [0, 0.05) is 17.8 Å². The molecule has 1 unspecified atom stereocenters. The Balaban J connectivity index is 1.51. The van der Waals surface area contributed by atoms with Gasteiger partial charge in [0.15, 0.2) is 0 Å². The largest absolute Gasteiger partial charge is 0.497 e. The van der Waals surface area contributed by atoms with Gasteiger partial charge in [0.05, 0.1) is 20.3 Å². The van der Waals surface area contributed by atoms with Gasteiger partial charge in [-0.3, -0.25) is 0 Å². The number of nitrogens with zero attached hydrogens (tertiary/aromatic N) is 1. The van der Waals surface area contributed by atoms with E-state index in [0.717, 1.165) is 46.7 Å². The van der Waals surface area contributed by atoms with Gasteiger partial charge in [-0.25, -0.2) is 4.79 Å². The van der Waals surface area contributed by atoms with Gasteiger partial charge in [0.2, 0.25) is 0 Å². The lowest BCUT2D eigenvalue weighted by Gasteiger charge is -2.27. The lowest BCUT2D eigenvalue weighted by atomic mass is 10.0. The number of ether oxygens (including phenoxy) is 2. The van der Waals surface area contributed by atoms with Gasteiger partial charge in [0.1, 0.15) is 11.5 Å². The molecule has 3 aromatic carbocycles. The number of urea groups is 1. The monoisotopic (exact) mass is 402 g/mol. The van der Waals surface area contributed by atoms with Crippen molar-refractivity contribution in [3.63, 3.8) is 0 Å². The number of hydrogen-bond donors (Lipinski definition) is 1. The van der Waals surface area contributed by atoms with E-state index in [9.17, 15) is 4.79 Å². The smallest absolute Gasteiger partial charge is 0.322 e. The fourth-order valence-electron chi connectivity index (χ4n) is 4.00. The van der Waals surface area contributed by atoms with Crippen LogP contribution < -0.4 is 14.8 Å². The van der Waals surface area contributed by atoms with Crippen molar-refractivity contribution in [3.05, 3.63) is 78.4 Å². The lowest BCUT2D eigenvalue weighted by molar-refractivity contribution is 0.206. The first kappa shape index (κ1) is 19.8. The Morgan fingerprint density at radius 3 is 2.37 bits per heavy atom. The molecule has 30 heavy (non-hydrogen) atoms. The Kier molecular flexibility index (Phi) is 5.89. The third-order valence-electron chi connectivity index (χ3n) is 5.55. The second kappa shape index (κ2) is 8.91. The van der Waals surface area contributed by atoms with Crippen molar-refractivity contribution in [1.29, 1.82) is 0 Å². The summed E-state index contributed by atoms with van der Waals surface area (Å²) in [6, 6.07) is 23.7. The average molecular weight is 402 g/mol. The molecule has 1 aliphatic rings. The molecule has 3 aromatic rings. The molecule has 1 saturated heterocycles. The molecule has 0 saturated carbocycles. The molecule has 1 aliphatic heterocycles. The van der Waals surface area contributed by atoms with Crippen molar-refractivity contribution in [2.75, 3.05) is 26.1 Å². The molecule has 1 heterocycles. The summed E-state index contributed by atoms with van der Waals surface area (Å²) in [6.07, 6.45) is 1.84. The SMILES string of the molecule is COc1ccc(OC)c(C2CCCN2C(=O)Nc2ccc(-c3ccccc3)cc2)c1.